The van der Waals surface area contributed by atoms with Gasteiger partial charge in [0.25, 0.3) is 0 Å². The van der Waals surface area contributed by atoms with Crippen molar-refractivity contribution >= 4 is 15.9 Å². The number of aryl methyl sites for hydroxylation is 1. The van der Waals surface area contributed by atoms with Crippen LogP contribution in [-0.4, -0.2) is 28.2 Å². The maximum Gasteiger partial charge on any atom is 0.241 e. The van der Waals surface area contributed by atoms with E-state index in [4.69, 9.17) is 14.2 Å². The summed E-state index contributed by atoms with van der Waals surface area (Å²) in [6.07, 6.45) is -0.0814. The summed E-state index contributed by atoms with van der Waals surface area (Å²) in [6, 6.07) is 18.2. The third-order valence-corrected chi connectivity index (χ3v) is 6.95. The molecule has 0 saturated carbocycles. The van der Waals surface area contributed by atoms with Crippen molar-refractivity contribution in [3.8, 4) is 17.2 Å². The molecule has 0 saturated heterocycles. The second-order valence-corrected chi connectivity index (χ2v) is 9.64. The van der Waals surface area contributed by atoms with Crippen LogP contribution < -0.4 is 24.2 Å². The van der Waals surface area contributed by atoms with Gasteiger partial charge in [0.15, 0.2) is 11.5 Å². The van der Waals surface area contributed by atoms with E-state index in [1.807, 2.05) is 19.1 Å². The SMILES string of the molecule is COc1ccc([C@@H](CC(=O)NCc2ccc3c(c2)OCO3)NS(=O)(=O)c2ccc(C)cc2)cc1. The van der Waals surface area contributed by atoms with Gasteiger partial charge in [0.1, 0.15) is 5.75 Å². The Morgan fingerprint density at radius 1 is 1.00 bits per heavy atom. The van der Waals surface area contributed by atoms with Crippen LogP contribution in [0.25, 0.3) is 0 Å². The summed E-state index contributed by atoms with van der Waals surface area (Å²) < 4.78 is 44.6. The molecule has 0 spiro atoms. The zero-order valence-corrected chi connectivity index (χ0v) is 19.7. The number of nitrogens with one attached hydrogen (secondary N) is 2. The number of sulfonamides is 1. The van der Waals surface area contributed by atoms with E-state index >= 15 is 0 Å². The zero-order valence-electron chi connectivity index (χ0n) is 18.9. The van der Waals surface area contributed by atoms with Crippen LogP contribution >= 0.6 is 0 Å². The lowest BCUT2D eigenvalue weighted by molar-refractivity contribution is -0.121. The van der Waals surface area contributed by atoms with E-state index in [1.165, 1.54) is 0 Å². The Morgan fingerprint density at radius 3 is 2.41 bits per heavy atom. The van der Waals surface area contributed by atoms with Crippen LogP contribution in [0, 0.1) is 6.92 Å². The number of ether oxygens (including phenoxy) is 3. The van der Waals surface area contributed by atoms with Crippen LogP contribution in [0.3, 0.4) is 0 Å². The molecular formula is C25H26N2O6S. The van der Waals surface area contributed by atoms with Crippen LogP contribution in [0.4, 0.5) is 0 Å². The van der Waals surface area contributed by atoms with Crippen molar-refractivity contribution in [1.82, 2.24) is 10.0 Å². The van der Waals surface area contributed by atoms with Gasteiger partial charge in [0, 0.05) is 13.0 Å². The number of rotatable bonds is 9. The molecular weight excluding hydrogens is 456 g/mol. The predicted molar refractivity (Wildman–Crippen MR) is 126 cm³/mol. The van der Waals surface area contributed by atoms with E-state index in [0.29, 0.717) is 22.8 Å². The predicted octanol–water partition coefficient (Wildman–Crippen LogP) is 3.46. The highest BCUT2D eigenvalue weighted by molar-refractivity contribution is 7.89. The van der Waals surface area contributed by atoms with Crippen LogP contribution in [-0.2, 0) is 21.4 Å². The standard InChI is InChI=1S/C25H26N2O6S/c1-17-3-10-21(11-4-17)34(29,30)27-22(19-6-8-20(31-2)9-7-19)14-25(28)26-15-18-5-12-23-24(13-18)33-16-32-23/h3-13,22,27H,14-16H2,1-2H3,(H,26,28)/t22-/m1/s1. The minimum absolute atomic E-state index is 0.0814. The molecule has 9 heteroatoms. The first-order chi connectivity index (χ1) is 16.3. The molecule has 2 N–H and O–H groups in total. The van der Waals surface area contributed by atoms with Gasteiger partial charge in [-0.15, -0.1) is 0 Å². The van der Waals surface area contributed by atoms with E-state index in [-0.39, 0.29) is 30.6 Å². The Hall–Kier alpha value is -3.56. The minimum Gasteiger partial charge on any atom is -0.497 e. The molecule has 0 unspecified atom stereocenters. The van der Waals surface area contributed by atoms with Crippen molar-refractivity contribution < 1.29 is 27.4 Å². The Kier molecular flexibility index (Phi) is 7.04. The molecule has 34 heavy (non-hydrogen) atoms. The lowest BCUT2D eigenvalue weighted by atomic mass is 10.0. The fraction of sp³-hybridized carbons (Fsp3) is 0.240. The molecule has 1 aliphatic rings. The lowest BCUT2D eigenvalue weighted by Crippen LogP contribution is -2.33. The number of hydrogen-bond acceptors (Lipinski definition) is 6. The van der Waals surface area contributed by atoms with E-state index in [0.717, 1.165) is 11.1 Å². The summed E-state index contributed by atoms with van der Waals surface area (Å²) >= 11 is 0. The van der Waals surface area contributed by atoms with E-state index in [1.54, 1.807) is 61.7 Å². The van der Waals surface area contributed by atoms with Gasteiger partial charge in [-0.3, -0.25) is 4.79 Å². The lowest BCUT2D eigenvalue weighted by Gasteiger charge is -2.20. The normalized spacial score (nSPS) is 13.4. The molecule has 3 aromatic rings. The molecule has 0 bridgehead atoms. The van der Waals surface area contributed by atoms with Crippen molar-refractivity contribution in [2.45, 2.75) is 30.8 Å². The van der Waals surface area contributed by atoms with Gasteiger partial charge in [0.2, 0.25) is 22.7 Å². The second-order valence-electron chi connectivity index (χ2n) is 7.93. The number of benzene rings is 3. The number of carbonyl (C=O) groups is 1. The molecule has 178 valence electrons. The van der Waals surface area contributed by atoms with Crippen molar-refractivity contribution in [2.75, 3.05) is 13.9 Å². The highest BCUT2D eigenvalue weighted by Crippen LogP contribution is 2.32. The number of methoxy groups -OCH3 is 1. The van der Waals surface area contributed by atoms with Crippen LogP contribution in [0.1, 0.15) is 29.2 Å². The molecule has 0 aromatic heterocycles. The molecule has 0 fully saturated rings. The maximum atomic E-state index is 13.0. The quantitative estimate of drug-likeness (QED) is 0.484. The van der Waals surface area contributed by atoms with Gasteiger partial charge < -0.3 is 19.5 Å². The molecule has 1 amide bonds. The Morgan fingerprint density at radius 2 is 1.71 bits per heavy atom. The molecule has 1 atom stereocenters. The zero-order chi connectivity index (χ0) is 24.1. The van der Waals surface area contributed by atoms with Crippen molar-refractivity contribution in [3.05, 3.63) is 83.4 Å². The highest BCUT2D eigenvalue weighted by Gasteiger charge is 2.24. The topological polar surface area (TPSA) is 103 Å². The van der Waals surface area contributed by atoms with E-state index in [2.05, 4.69) is 10.0 Å². The number of carbonyl (C=O) groups excluding carboxylic acids is 1. The fourth-order valence-electron chi connectivity index (χ4n) is 3.55. The first-order valence-electron chi connectivity index (χ1n) is 10.7. The van der Waals surface area contributed by atoms with Crippen LogP contribution in [0.5, 0.6) is 17.2 Å². The molecule has 0 radical (unpaired) electrons. The minimum atomic E-state index is -3.85. The molecule has 1 heterocycles. The van der Waals surface area contributed by atoms with E-state index < -0.39 is 16.1 Å². The number of fused-ring (bicyclic) bond motifs is 1. The van der Waals surface area contributed by atoms with Crippen molar-refractivity contribution in [2.24, 2.45) is 0 Å². The Labute approximate surface area is 198 Å². The summed E-state index contributed by atoms with van der Waals surface area (Å²) in [6.45, 7) is 2.33. The van der Waals surface area contributed by atoms with Gasteiger partial charge in [-0.25, -0.2) is 13.1 Å². The number of amides is 1. The van der Waals surface area contributed by atoms with E-state index in [9.17, 15) is 13.2 Å². The first-order valence-corrected chi connectivity index (χ1v) is 12.2. The summed E-state index contributed by atoms with van der Waals surface area (Å²) in [7, 11) is -2.30. The largest absolute Gasteiger partial charge is 0.497 e. The van der Waals surface area contributed by atoms with Crippen molar-refractivity contribution in [1.29, 1.82) is 0 Å². The van der Waals surface area contributed by atoms with Gasteiger partial charge >= 0.3 is 0 Å². The van der Waals surface area contributed by atoms with Gasteiger partial charge in [-0.2, -0.15) is 0 Å². The summed E-state index contributed by atoms with van der Waals surface area (Å²) in [5.74, 6) is 1.63. The molecule has 4 rings (SSSR count). The third kappa shape index (κ3) is 5.67. The molecule has 1 aliphatic heterocycles. The fourth-order valence-corrected chi connectivity index (χ4v) is 4.77. The summed E-state index contributed by atoms with van der Waals surface area (Å²) in [5, 5.41) is 2.85. The van der Waals surface area contributed by atoms with Gasteiger partial charge in [-0.05, 0) is 54.4 Å². The first kappa shape index (κ1) is 23.6. The third-order valence-electron chi connectivity index (χ3n) is 5.46. The monoisotopic (exact) mass is 482 g/mol. The molecule has 0 aliphatic carbocycles. The van der Waals surface area contributed by atoms with Crippen molar-refractivity contribution in [3.63, 3.8) is 0 Å². The Bertz CT molecular complexity index is 1260. The smallest absolute Gasteiger partial charge is 0.241 e. The Balaban J connectivity index is 1.49. The summed E-state index contributed by atoms with van der Waals surface area (Å²) in [4.78, 5) is 12.9. The molecule has 8 nitrogen and oxygen atoms in total. The van der Waals surface area contributed by atoms with Gasteiger partial charge in [0.05, 0.1) is 18.0 Å². The average molecular weight is 483 g/mol. The van der Waals surface area contributed by atoms with Crippen LogP contribution in [0.2, 0.25) is 0 Å². The molecule has 3 aromatic carbocycles. The average Bonchev–Trinajstić information content (AvgIpc) is 3.30. The van der Waals surface area contributed by atoms with Gasteiger partial charge in [-0.1, -0.05) is 35.9 Å². The highest BCUT2D eigenvalue weighted by atomic mass is 32.2. The summed E-state index contributed by atoms with van der Waals surface area (Å²) in [5.41, 5.74) is 2.45. The second kappa shape index (κ2) is 10.1. The number of hydrogen-bond donors (Lipinski definition) is 2. The maximum absolute atomic E-state index is 13.0. The van der Waals surface area contributed by atoms with Crippen LogP contribution in [0.15, 0.2) is 71.6 Å².